The number of hydrogen-bond acceptors (Lipinski definition) is 5. The predicted octanol–water partition coefficient (Wildman–Crippen LogP) is 4.96. The predicted molar refractivity (Wildman–Crippen MR) is 102 cm³/mol. The monoisotopic (exact) mass is 421 g/mol. The van der Waals surface area contributed by atoms with Crippen LogP contribution in [0.25, 0.3) is 11.4 Å². The maximum Gasteiger partial charge on any atom is 0.420 e. The summed E-state index contributed by atoms with van der Waals surface area (Å²) in [7, 11) is 1.18. The number of pyridine rings is 1. The molecule has 1 aromatic carbocycles. The van der Waals surface area contributed by atoms with Crippen molar-refractivity contribution in [2.75, 3.05) is 19.1 Å². The van der Waals surface area contributed by atoms with Gasteiger partial charge in [-0.1, -0.05) is 0 Å². The van der Waals surface area contributed by atoms with Gasteiger partial charge >= 0.3 is 6.18 Å². The van der Waals surface area contributed by atoms with Crippen LogP contribution in [0.2, 0.25) is 0 Å². The standard InChI is InChI=1S/C20H19F4N5O/c1-30-17-5-4-14(11-15(17)20(22,23)24)26-19-27-18(29(28-19)9-7-21)13-6-8-25-16(10-13)12-2-3-12/h4-6,8,10-12H,2-3,7,9H2,1H3,(H,26,28). The Hall–Kier alpha value is -3.17. The van der Waals surface area contributed by atoms with E-state index in [-0.39, 0.29) is 23.9 Å². The molecule has 3 aromatic rings. The molecule has 0 amide bonds. The molecular weight excluding hydrogens is 402 g/mol. The fourth-order valence-corrected chi connectivity index (χ4v) is 3.17. The van der Waals surface area contributed by atoms with E-state index in [9.17, 15) is 17.6 Å². The van der Waals surface area contributed by atoms with Gasteiger partial charge in [-0.05, 0) is 43.2 Å². The van der Waals surface area contributed by atoms with Crippen LogP contribution in [0.3, 0.4) is 0 Å². The first kappa shape index (κ1) is 20.1. The lowest BCUT2D eigenvalue weighted by molar-refractivity contribution is -0.138. The SMILES string of the molecule is COc1ccc(Nc2nc(-c3ccnc(C4CC4)c3)n(CCF)n2)cc1C(F)(F)F. The molecule has 0 bridgehead atoms. The van der Waals surface area contributed by atoms with Crippen molar-refractivity contribution < 1.29 is 22.3 Å². The van der Waals surface area contributed by atoms with Crippen molar-refractivity contribution in [3.05, 3.63) is 47.8 Å². The molecule has 0 spiro atoms. The van der Waals surface area contributed by atoms with E-state index in [1.54, 1.807) is 12.3 Å². The van der Waals surface area contributed by atoms with Gasteiger partial charge in [0.2, 0.25) is 5.95 Å². The summed E-state index contributed by atoms with van der Waals surface area (Å²) >= 11 is 0. The van der Waals surface area contributed by atoms with Crippen molar-refractivity contribution >= 4 is 11.6 Å². The van der Waals surface area contributed by atoms with Crippen molar-refractivity contribution in [1.82, 2.24) is 19.7 Å². The summed E-state index contributed by atoms with van der Waals surface area (Å²) in [6.45, 7) is -0.682. The average molecular weight is 421 g/mol. The smallest absolute Gasteiger partial charge is 0.420 e. The highest BCUT2D eigenvalue weighted by Gasteiger charge is 2.34. The first-order chi connectivity index (χ1) is 14.4. The number of halogens is 4. The number of aromatic nitrogens is 4. The number of hydrogen-bond donors (Lipinski definition) is 1. The van der Waals surface area contributed by atoms with E-state index in [0.29, 0.717) is 11.7 Å². The normalized spacial score (nSPS) is 14.0. The molecule has 6 nitrogen and oxygen atoms in total. The summed E-state index contributed by atoms with van der Waals surface area (Å²) in [4.78, 5) is 8.74. The molecule has 158 valence electrons. The van der Waals surface area contributed by atoms with Crippen LogP contribution in [0.4, 0.5) is 29.2 Å². The van der Waals surface area contributed by atoms with Crippen molar-refractivity contribution in [3.63, 3.8) is 0 Å². The number of anilines is 2. The first-order valence-corrected chi connectivity index (χ1v) is 9.38. The quantitative estimate of drug-likeness (QED) is 0.547. The average Bonchev–Trinajstić information content (AvgIpc) is 3.50. The Bertz CT molecular complexity index is 1050. The highest BCUT2D eigenvalue weighted by molar-refractivity contribution is 5.62. The van der Waals surface area contributed by atoms with Gasteiger partial charge in [0, 0.05) is 29.1 Å². The van der Waals surface area contributed by atoms with Crippen LogP contribution in [0.5, 0.6) is 5.75 Å². The Morgan fingerprint density at radius 1 is 1.20 bits per heavy atom. The Balaban J connectivity index is 1.66. The number of nitrogens with one attached hydrogen (secondary N) is 1. The van der Waals surface area contributed by atoms with Crippen molar-refractivity contribution in [1.29, 1.82) is 0 Å². The lowest BCUT2D eigenvalue weighted by Gasteiger charge is -2.13. The van der Waals surface area contributed by atoms with Crippen molar-refractivity contribution in [2.45, 2.75) is 31.5 Å². The number of rotatable bonds is 7. The molecule has 1 aliphatic rings. The molecule has 4 rings (SSSR count). The molecule has 0 saturated heterocycles. The maximum atomic E-state index is 13.3. The molecule has 2 aromatic heterocycles. The largest absolute Gasteiger partial charge is 0.496 e. The van der Waals surface area contributed by atoms with Gasteiger partial charge in [-0.3, -0.25) is 4.98 Å². The minimum absolute atomic E-state index is 0.0263. The molecular formula is C20H19F4N5O. The molecule has 1 aliphatic carbocycles. The summed E-state index contributed by atoms with van der Waals surface area (Å²) in [6, 6.07) is 7.22. The molecule has 1 saturated carbocycles. The molecule has 1 fully saturated rings. The number of methoxy groups -OCH3 is 1. The Labute approximate surface area is 169 Å². The summed E-state index contributed by atoms with van der Waals surface area (Å²) < 4.78 is 59.0. The van der Waals surface area contributed by atoms with Crippen LogP contribution in [0, 0.1) is 0 Å². The Morgan fingerprint density at radius 3 is 2.67 bits per heavy atom. The first-order valence-electron chi connectivity index (χ1n) is 9.38. The van der Waals surface area contributed by atoms with Gasteiger partial charge in [0.15, 0.2) is 5.82 Å². The number of ether oxygens (including phenoxy) is 1. The zero-order valence-electron chi connectivity index (χ0n) is 16.1. The summed E-state index contributed by atoms with van der Waals surface area (Å²) in [5, 5.41) is 6.99. The number of nitrogens with zero attached hydrogens (tertiary/aromatic N) is 4. The van der Waals surface area contributed by atoms with Gasteiger partial charge in [0.05, 0.1) is 19.2 Å². The van der Waals surface area contributed by atoms with Gasteiger partial charge < -0.3 is 10.1 Å². The zero-order valence-corrected chi connectivity index (χ0v) is 16.1. The minimum atomic E-state index is -4.58. The summed E-state index contributed by atoms with van der Waals surface area (Å²) in [5.41, 5.74) is 0.899. The van der Waals surface area contributed by atoms with Crippen LogP contribution >= 0.6 is 0 Å². The van der Waals surface area contributed by atoms with E-state index in [4.69, 9.17) is 4.74 Å². The molecule has 0 atom stereocenters. The molecule has 0 unspecified atom stereocenters. The number of aryl methyl sites for hydroxylation is 1. The minimum Gasteiger partial charge on any atom is -0.496 e. The van der Waals surface area contributed by atoms with E-state index in [2.05, 4.69) is 20.4 Å². The molecule has 0 aliphatic heterocycles. The molecule has 0 radical (unpaired) electrons. The lowest BCUT2D eigenvalue weighted by Crippen LogP contribution is -2.08. The third-order valence-electron chi connectivity index (χ3n) is 4.76. The van der Waals surface area contributed by atoms with Gasteiger partial charge in [-0.15, -0.1) is 5.10 Å². The van der Waals surface area contributed by atoms with Crippen LogP contribution in [-0.2, 0) is 12.7 Å². The second-order valence-electron chi connectivity index (χ2n) is 6.95. The highest BCUT2D eigenvalue weighted by atomic mass is 19.4. The Kier molecular flexibility index (Phi) is 5.31. The number of benzene rings is 1. The second kappa shape index (κ2) is 7.92. The van der Waals surface area contributed by atoms with Crippen molar-refractivity contribution in [3.8, 4) is 17.1 Å². The summed E-state index contributed by atoms with van der Waals surface area (Å²) in [5.74, 6) is 0.639. The third-order valence-corrected chi connectivity index (χ3v) is 4.76. The van der Waals surface area contributed by atoms with Crippen LogP contribution < -0.4 is 10.1 Å². The molecule has 2 heterocycles. The Morgan fingerprint density at radius 2 is 2.00 bits per heavy atom. The van der Waals surface area contributed by atoms with E-state index in [1.807, 2.05) is 6.07 Å². The van der Waals surface area contributed by atoms with Gasteiger partial charge in [-0.2, -0.15) is 18.2 Å². The van der Waals surface area contributed by atoms with Crippen LogP contribution in [0.1, 0.15) is 30.0 Å². The van der Waals surface area contributed by atoms with E-state index in [1.165, 1.54) is 23.9 Å². The highest BCUT2D eigenvalue weighted by Crippen LogP contribution is 2.40. The summed E-state index contributed by atoms with van der Waals surface area (Å²) in [6.07, 6.45) is -0.742. The van der Waals surface area contributed by atoms with E-state index < -0.39 is 18.4 Å². The van der Waals surface area contributed by atoms with Crippen molar-refractivity contribution in [2.24, 2.45) is 0 Å². The van der Waals surface area contributed by atoms with E-state index in [0.717, 1.165) is 30.2 Å². The fourth-order valence-electron chi connectivity index (χ4n) is 3.17. The third kappa shape index (κ3) is 4.22. The molecule has 10 heteroatoms. The molecule has 30 heavy (non-hydrogen) atoms. The van der Waals surface area contributed by atoms with Crippen LogP contribution in [0.15, 0.2) is 36.5 Å². The zero-order chi connectivity index (χ0) is 21.3. The number of alkyl halides is 4. The van der Waals surface area contributed by atoms with Gasteiger partial charge in [-0.25, -0.2) is 9.07 Å². The topological polar surface area (TPSA) is 64.9 Å². The maximum absolute atomic E-state index is 13.3. The van der Waals surface area contributed by atoms with Crippen LogP contribution in [-0.4, -0.2) is 33.5 Å². The van der Waals surface area contributed by atoms with Gasteiger partial charge in [0.1, 0.15) is 12.4 Å². The molecule has 1 N–H and O–H groups in total. The fraction of sp³-hybridized carbons (Fsp3) is 0.350. The second-order valence-corrected chi connectivity index (χ2v) is 6.95. The van der Waals surface area contributed by atoms with E-state index >= 15 is 0 Å². The lowest BCUT2D eigenvalue weighted by atomic mass is 10.1. The van der Waals surface area contributed by atoms with Gasteiger partial charge in [0.25, 0.3) is 0 Å².